The lowest BCUT2D eigenvalue weighted by atomic mass is 10.1. The summed E-state index contributed by atoms with van der Waals surface area (Å²) in [4.78, 5) is 15.3. The van der Waals surface area contributed by atoms with Gasteiger partial charge in [-0.25, -0.2) is 9.97 Å². The van der Waals surface area contributed by atoms with Crippen molar-refractivity contribution >= 4 is 16.6 Å². The van der Waals surface area contributed by atoms with Gasteiger partial charge in [0.1, 0.15) is 11.6 Å². The third kappa shape index (κ3) is 3.46. The molecule has 23 heavy (non-hydrogen) atoms. The van der Waals surface area contributed by atoms with Gasteiger partial charge in [0.15, 0.2) is 0 Å². The van der Waals surface area contributed by atoms with E-state index in [1.54, 1.807) is 0 Å². The van der Waals surface area contributed by atoms with E-state index in [9.17, 15) is 0 Å². The molecule has 0 saturated carbocycles. The largest absolute Gasteiger partial charge is 0.355 e. The van der Waals surface area contributed by atoms with Crippen molar-refractivity contribution in [2.45, 2.75) is 19.9 Å². The number of anilines is 1. The highest BCUT2D eigenvalue weighted by Crippen LogP contribution is 2.21. The van der Waals surface area contributed by atoms with Crippen molar-refractivity contribution < 1.29 is 0 Å². The molecule has 0 aliphatic rings. The number of pyridine rings is 1. The second-order valence-corrected chi connectivity index (χ2v) is 5.67. The third-order valence-electron chi connectivity index (χ3n) is 3.85. The van der Waals surface area contributed by atoms with Crippen LogP contribution < -0.4 is 10.6 Å². The Morgan fingerprint density at radius 3 is 2.87 bits per heavy atom. The lowest BCUT2D eigenvalue weighted by Crippen LogP contribution is -2.19. The van der Waals surface area contributed by atoms with Gasteiger partial charge in [0.2, 0.25) is 0 Å². The molecule has 0 unspecified atom stereocenters. The summed E-state index contributed by atoms with van der Waals surface area (Å²) in [6.45, 7) is 3.29. The lowest BCUT2D eigenvalue weighted by Gasteiger charge is -2.20. The maximum absolute atomic E-state index is 5.64. The van der Waals surface area contributed by atoms with Gasteiger partial charge in [-0.15, -0.1) is 0 Å². The van der Waals surface area contributed by atoms with Crippen LogP contribution in [0.1, 0.15) is 17.1 Å². The molecule has 0 fully saturated rings. The van der Waals surface area contributed by atoms with Crippen LogP contribution >= 0.6 is 0 Å². The third-order valence-corrected chi connectivity index (χ3v) is 3.85. The molecule has 0 atom stereocenters. The van der Waals surface area contributed by atoms with Gasteiger partial charge < -0.3 is 10.6 Å². The van der Waals surface area contributed by atoms with Crippen LogP contribution in [0.15, 0.2) is 42.7 Å². The fraction of sp³-hybridized carbons (Fsp3) is 0.278. The van der Waals surface area contributed by atoms with Gasteiger partial charge >= 0.3 is 0 Å². The Balaban J connectivity index is 1.90. The molecule has 0 radical (unpaired) electrons. The van der Waals surface area contributed by atoms with E-state index in [1.165, 1.54) is 10.9 Å². The normalized spacial score (nSPS) is 10.9. The summed E-state index contributed by atoms with van der Waals surface area (Å²) in [7, 11) is 2.05. The number of benzene rings is 1. The molecule has 118 valence electrons. The van der Waals surface area contributed by atoms with Crippen molar-refractivity contribution in [2.75, 3.05) is 18.5 Å². The molecule has 3 rings (SSSR count). The van der Waals surface area contributed by atoms with Crippen molar-refractivity contribution in [3.63, 3.8) is 0 Å². The van der Waals surface area contributed by atoms with E-state index < -0.39 is 0 Å². The highest BCUT2D eigenvalue weighted by Gasteiger charge is 2.09. The molecule has 0 bridgehead atoms. The Labute approximate surface area is 136 Å². The van der Waals surface area contributed by atoms with Crippen LogP contribution in [0, 0.1) is 6.92 Å². The topological polar surface area (TPSA) is 67.9 Å². The summed E-state index contributed by atoms with van der Waals surface area (Å²) in [6.07, 6.45) is 4.50. The first-order valence-corrected chi connectivity index (χ1v) is 7.75. The fourth-order valence-electron chi connectivity index (χ4n) is 2.75. The van der Waals surface area contributed by atoms with E-state index in [1.807, 2.05) is 32.4 Å². The van der Waals surface area contributed by atoms with Crippen molar-refractivity contribution in [2.24, 2.45) is 5.73 Å². The molecule has 2 N–H and O–H groups in total. The zero-order valence-corrected chi connectivity index (χ0v) is 13.5. The first-order chi connectivity index (χ1) is 11.2. The highest BCUT2D eigenvalue weighted by molar-refractivity contribution is 5.84. The molecule has 2 heterocycles. The predicted molar refractivity (Wildman–Crippen MR) is 93.4 cm³/mol. The minimum atomic E-state index is 0.593. The number of aryl methyl sites for hydroxylation is 1. The Bertz CT molecular complexity index is 810. The number of hydrogen-bond acceptors (Lipinski definition) is 5. The Hall–Kier alpha value is -2.53. The first-order valence-electron chi connectivity index (χ1n) is 7.75. The van der Waals surface area contributed by atoms with Gasteiger partial charge in [0.05, 0.1) is 0 Å². The summed E-state index contributed by atoms with van der Waals surface area (Å²) in [6, 6.07) is 10.4. The molecular formula is C18H21N5. The van der Waals surface area contributed by atoms with E-state index in [0.29, 0.717) is 6.54 Å². The fourth-order valence-corrected chi connectivity index (χ4v) is 2.75. The number of nitrogens with two attached hydrogens (primary N) is 1. The Morgan fingerprint density at radius 2 is 2.04 bits per heavy atom. The van der Waals surface area contributed by atoms with Crippen LogP contribution in [0.4, 0.5) is 5.82 Å². The quantitative estimate of drug-likeness (QED) is 0.784. The maximum atomic E-state index is 5.64. The van der Waals surface area contributed by atoms with Crippen LogP contribution in [-0.4, -0.2) is 28.5 Å². The monoisotopic (exact) mass is 307 g/mol. The molecule has 0 aliphatic carbocycles. The highest BCUT2D eigenvalue weighted by atomic mass is 15.2. The number of fused-ring (bicyclic) bond motifs is 1. The van der Waals surface area contributed by atoms with Crippen LogP contribution in [0.3, 0.4) is 0 Å². The van der Waals surface area contributed by atoms with Crippen LogP contribution in [0.2, 0.25) is 0 Å². The van der Waals surface area contributed by atoms with E-state index in [0.717, 1.165) is 35.7 Å². The molecule has 5 nitrogen and oxygen atoms in total. The van der Waals surface area contributed by atoms with Crippen molar-refractivity contribution in [1.82, 2.24) is 15.0 Å². The second-order valence-electron chi connectivity index (χ2n) is 5.67. The van der Waals surface area contributed by atoms with Crippen molar-refractivity contribution in [3.8, 4) is 0 Å². The molecule has 2 aromatic heterocycles. The standard InChI is InChI=1S/C18H21N5/c1-13-21-16(6-8-19)10-18(22-13)23(2)12-15-5-3-4-14-11-20-9-7-17(14)15/h3-5,7,9-11H,6,8,12,19H2,1-2H3. The number of nitrogens with zero attached hydrogens (tertiary/aromatic N) is 4. The number of hydrogen-bond donors (Lipinski definition) is 1. The van der Waals surface area contributed by atoms with Crippen molar-refractivity contribution in [3.05, 3.63) is 59.8 Å². The summed E-state index contributed by atoms with van der Waals surface area (Å²) >= 11 is 0. The predicted octanol–water partition coefficient (Wildman–Crippen LogP) is 2.47. The van der Waals surface area contributed by atoms with Crippen LogP contribution in [0.5, 0.6) is 0 Å². The molecule has 0 amide bonds. The summed E-state index contributed by atoms with van der Waals surface area (Å²) < 4.78 is 0. The molecule has 5 heteroatoms. The first kappa shape index (κ1) is 15.4. The zero-order valence-electron chi connectivity index (χ0n) is 13.5. The average Bonchev–Trinajstić information content (AvgIpc) is 2.55. The Kier molecular flexibility index (Phi) is 4.48. The van der Waals surface area contributed by atoms with Gasteiger partial charge in [0, 0.05) is 49.6 Å². The molecule has 0 spiro atoms. The number of rotatable bonds is 5. The molecule has 1 aromatic carbocycles. The van der Waals surface area contributed by atoms with Gasteiger partial charge in [0.25, 0.3) is 0 Å². The molecule has 0 saturated heterocycles. The molecule has 3 aromatic rings. The molecule has 0 aliphatic heterocycles. The summed E-state index contributed by atoms with van der Waals surface area (Å²) in [5.41, 5.74) is 7.89. The van der Waals surface area contributed by atoms with E-state index in [2.05, 4.69) is 44.1 Å². The zero-order chi connectivity index (χ0) is 16.2. The lowest BCUT2D eigenvalue weighted by molar-refractivity contribution is 0.847. The van der Waals surface area contributed by atoms with Gasteiger partial charge in [-0.2, -0.15) is 0 Å². The average molecular weight is 307 g/mol. The van der Waals surface area contributed by atoms with Gasteiger partial charge in [-0.05, 0) is 30.5 Å². The van der Waals surface area contributed by atoms with Gasteiger partial charge in [-0.1, -0.05) is 18.2 Å². The Morgan fingerprint density at radius 1 is 1.17 bits per heavy atom. The van der Waals surface area contributed by atoms with E-state index >= 15 is 0 Å². The maximum Gasteiger partial charge on any atom is 0.132 e. The van der Waals surface area contributed by atoms with Gasteiger partial charge in [-0.3, -0.25) is 4.98 Å². The second kappa shape index (κ2) is 6.71. The minimum absolute atomic E-state index is 0.593. The minimum Gasteiger partial charge on any atom is -0.355 e. The number of aromatic nitrogens is 3. The van der Waals surface area contributed by atoms with Crippen molar-refractivity contribution in [1.29, 1.82) is 0 Å². The summed E-state index contributed by atoms with van der Waals surface area (Å²) in [5, 5.41) is 2.38. The van der Waals surface area contributed by atoms with E-state index in [4.69, 9.17) is 5.73 Å². The smallest absolute Gasteiger partial charge is 0.132 e. The summed E-state index contributed by atoms with van der Waals surface area (Å²) in [5.74, 6) is 1.70. The molecular weight excluding hydrogens is 286 g/mol. The van der Waals surface area contributed by atoms with E-state index in [-0.39, 0.29) is 0 Å². The van der Waals surface area contributed by atoms with Crippen LogP contribution in [0.25, 0.3) is 10.8 Å². The van der Waals surface area contributed by atoms with Crippen LogP contribution in [-0.2, 0) is 13.0 Å². The SMILES string of the molecule is Cc1nc(CCN)cc(N(C)Cc2cccc3cnccc23)n1.